The quantitative estimate of drug-likeness (QED) is 0.311. The highest BCUT2D eigenvalue weighted by Crippen LogP contribution is 2.22. The third kappa shape index (κ3) is 5.62. The molecule has 2 atom stereocenters. The summed E-state index contributed by atoms with van der Waals surface area (Å²) in [5.41, 5.74) is 3.73. The predicted octanol–water partition coefficient (Wildman–Crippen LogP) is 2.45. The zero-order chi connectivity index (χ0) is 25.5. The van der Waals surface area contributed by atoms with E-state index in [9.17, 15) is 19.1 Å². The standard InChI is InChI=1S/C26H24FN5O4/c1-36-31-26(35)23(33)22(16-17-8-3-2-4-9-17)29-25(34)19-11-7-14-28-24(19)32-15-13-21(30-32)18-10-5-6-12-20(18)27/h2-15,22-23,33H,16H2,1H3,(H,29,34)(H,31,35). The molecule has 0 fully saturated rings. The molecule has 2 aromatic carbocycles. The lowest BCUT2D eigenvalue weighted by atomic mass is 10.00. The van der Waals surface area contributed by atoms with Gasteiger partial charge in [-0.25, -0.2) is 19.5 Å². The molecule has 4 rings (SSSR count). The van der Waals surface area contributed by atoms with Crippen molar-refractivity contribution in [1.29, 1.82) is 0 Å². The van der Waals surface area contributed by atoms with E-state index in [1.807, 2.05) is 30.3 Å². The van der Waals surface area contributed by atoms with Gasteiger partial charge in [-0.15, -0.1) is 0 Å². The Morgan fingerprint density at radius 1 is 1.06 bits per heavy atom. The van der Waals surface area contributed by atoms with Gasteiger partial charge in [0.15, 0.2) is 11.9 Å². The summed E-state index contributed by atoms with van der Waals surface area (Å²) in [6.45, 7) is 0. The van der Waals surface area contributed by atoms with Crippen molar-refractivity contribution in [3.63, 3.8) is 0 Å². The lowest BCUT2D eigenvalue weighted by molar-refractivity contribution is -0.141. The molecule has 0 aliphatic rings. The van der Waals surface area contributed by atoms with Gasteiger partial charge in [-0.1, -0.05) is 42.5 Å². The van der Waals surface area contributed by atoms with E-state index in [2.05, 4.69) is 25.7 Å². The van der Waals surface area contributed by atoms with Gasteiger partial charge < -0.3 is 10.4 Å². The molecule has 184 valence electrons. The van der Waals surface area contributed by atoms with Gasteiger partial charge in [0.05, 0.1) is 24.4 Å². The number of hydroxylamine groups is 1. The molecule has 2 unspecified atom stereocenters. The minimum absolute atomic E-state index is 0.151. The van der Waals surface area contributed by atoms with E-state index in [1.54, 1.807) is 42.6 Å². The van der Waals surface area contributed by atoms with Crippen LogP contribution in [0.2, 0.25) is 0 Å². The second kappa shape index (κ2) is 11.3. The van der Waals surface area contributed by atoms with E-state index in [0.717, 1.165) is 5.56 Å². The summed E-state index contributed by atoms with van der Waals surface area (Å²) in [6, 6.07) is 19.1. The normalized spacial score (nSPS) is 12.5. The maximum Gasteiger partial charge on any atom is 0.274 e. The Hall–Kier alpha value is -4.41. The number of aliphatic hydroxyl groups is 1. The van der Waals surface area contributed by atoms with E-state index in [-0.39, 0.29) is 17.8 Å². The van der Waals surface area contributed by atoms with Gasteiger partial charge in [0.2, 0.25) is 0 Å². The number of hydrogen-bond acceptors (Lipinski definition) is 6. The lowest BCUT2D eigenvalue weighted by Crippen LogP contribution is -2.51. The van der Waals surface area contributed by atoms with Crippen molar-refractivity contribution in [3.05, 3.63) is 102 Å². The van der Waals surface area contributed by atoms with Crippen LogP contribution in [0.1, 0.15) is 15.9 Å². The molecule has 36 heavy (non-hydrogen) atoms. The van der Waals surface area contributed by atoms with Crippen LogP contribution < -0.4 is 10.8 Å². The Balaban J connectivity index is 1.62. The third-order valence-electron chi connectivity index (χ3n) is 5.45. The summed E-state index contributed by atoms with van der Waals surface area (Å²) in [5.74, 6) is -1.60. The van der Waals surface area contributed by atoms with Gasteiger partial charge in [-0.05, 0) is 42.3 Å². The molecule has 2 aromatic heterocycles. The minimum Gasteiger partial charge on any atom is -0.381 e. The van der Waals surface area contributed by atoms with Crippen molar-refractivity contribution < 1.29 is 23.9 Å². The SMILES string of the molecule is CONC(=O)C(O)C(Cc1ccccc1)NC(=O)c1cccnc1-n1ccc(-c2ccccc2F)n1. The molecule has 0 aliphatic heterocycles. The van der Waals surface area contributed by atoms with Crippen molar-refractivity contribution >= 4 is 11.8 Å². The Morgan fingerprint density at radius 3 is 2.56 bits per heavy atom. The molecule has 3 N–H and O–H groups in total. The monoisotopic (exact) mass is 489 g/mol. The summed E-state index contributed by atoms with van der Waals surface area (Å²) in [7, 11) is 1.25. The van der Waals surface area contributed by atoms with Crippen molar-refractivity contribution in [2.75, 3.05) is 7.11 Å². The Morgan fingerprint density at radius 2 is 1.81 bits per heavy atom. The molecule has 0 aliphatic carbocycles. The Bertz CT molecular complexity index is 1340. The first-order valence-corrected chi connectivity index (χ1v) is 11.1. The molecular formula is C26H24FN5O4. The molecule has 0 bridgehead atoms. The summed E-state index contributed by atoms with van der Waals surface area (Å²) >= 11 is 0. The average Bonchev–Trinajstić information content (AvgIpc) is 3.39. The number of nitrogens with one attached hydrogen (secondary N) is 2. The van der Waals surface area contributed by atoms with Crippen molar-refractivity contribution in [2.45, 2.75) is 18.6 Å². The van der Waals surface area contributed by atoms with Crippen LogP contribution >= 0.6 is 0 Å². The summed E-state index contributed by atoms with van der Waals surface area (Å²) in [5, 5.41) is 17.8. The fourth-order valence-corrected chi connectivity index (χ4v) is 3.71. The van der Waals surface area contributed by atoms with Crippen LogP contribution in [-0.4, -0.2) is 50.9 Å². The predicted molar refractivity (Wildman–Crippen MR) is 129 cm³/mol. The highest BCUT2D eigenvalue weighted by molar-refractivity contribution is 5.97. The Kier molecular flexibility index (Phi) is 7.79. The van der Waals surface area contributed by atoms with Crippen LogP contribution in [0.25, 0.3) is 17.1 Å². The molecule has 2 amide bonds. The zero-order valence-electron chi connectivity index (χ0n) is 19.3. The van der Waals surface area contributed by atoms with Gasteiger partial charge in [0.25, 0.3) is 11.8 Å². The van der Waals surface area contributed by atoms with Crippen molar-refractivity contribution in [1.82, 2.24) is 25.6 Å². The van der Waals surface area contributed by atoms with Gasteiger partial charge in [0, 0.05) is 18.0 Å². The number of halogens is 1. The number of hydrogen-bond donors (Lipinski definition) is 3. The smallest absolute Gasteiger partial charge is 0.274 e. The molecule has 2 heterocycles. The fourth-order valence-electron chi connectivity index (χ4n) is 3.71. The van der Waals surface area contributed by atoms with Crippen molar-refractivity contribution in [3.8, 4) is 17.1 Å². The third-order valence-corrected chi connectivity index (χ3v) is 5.45. The molecule has 0 radical (unpaired) electrons. The maximum atomic E-state index is 14.2. The van der Waals surface area contributed by atoms with Crippen LogP contribution in [0, 0.1) is 5.82 Å². The molecule has 9 nitrogen and oxygen atoms in total. The number of nitrogens with zero attached hydrogens (tertiary/aromatic N) is 3. The van der Waals surface area contributed by atoms with Gasteiger partial charge >= 0.3 is 0 Å². The van der Waals surface area contributed by atoms with Gasteiger partial charge in [-0.2, -0.15) is 5.10 Å². The minimum atomic E-state index is -1.59. The first-order chi connectivity index (χ1) is 17.5. The molecule has 4 aromatic rings. The molecule has 10 heteroatoms. The van der Waals surface area contributed by atoms with E-state index >= 15 is 0 Å². The topological polar surface area (TPSA) is 118 Å². The molecular weight excluding hydrogens is 465 g/mol. The molecule has 0 spiro atoms. The van der Waals surface area contributed by atoms with Crippen LogP contribution in [0.5, 0.6) is 0 Å². The van der Waals surface area contributed by atoms with Crippen molar-refractivity contribution in [2.24, 2.45) is 0 Å². The van der Waals surface area contributed by atoms with E-state index in [4.69, 9.17) is 0 Å². The maximum absolute atomic E-state index is 14.2. The summed E-state index contributed by atoms with van der Waals surface area (Å²) in [4.78, 5) is 34.5. The summed E-state index contributed by atoms with van der Waals surface area (Å²) < 4.78 is 15.6. The number of carbonyl (C=O) groups excluding carboxylic acids is 2. The van der Waals surface area contributed by atoms with Crippen LogP contribution in [0.3, 0.4) is 0 Å². The zero-order valence-corrected chi connectivity index (χ0v) is 19.3. The number of pyridine rings is 1. The second-order valence-electron chi connectivity index (χ2n) is 7.88. The fraction of sp³-hybridized carbons (Fsp3) is 0.154. The number of aliphatic hydroxyl groups excluding tert-OH is 1. The second-order valence-corrected chi connectivity index (χ2v) is 7.88. The van der Waals surface area contributed by atoms with E-state index in [1.165, 1.54) is 24.1 Å². The first kappa shape index (κ1) is 24.7. The number of carbonyl (C=O) groups is 2. The number of amides is 2. The van der Waals surface area contributed by atoms with Gasteiger partial charge in [-0.3, -0.25) is 14.4 Å². The number of benzene rings is 2. The number of aromatic nitrogens is 3. The van der Waals surface area contributed by atoms with E-state index < -0.39 is 29.8 Å². The average molecular weight is 490 g/mol. The highest BCUT2D eigenvalue weighted by atomic mass is 19.1. The lowest BCUT2D eigenvalue weighted by Gasteiger charge is -2.24. The van der Waals surface area contributed by atoms with Gasteiger partial charge in [0.1, 0.15) is 5.82 Å². The number of rotatable bonds is 9. The molecule has 0 saturated heterocycles. The first-order valence-electron chi connectivity index (χ1n) is 11.1. The molecule has 0 saturated carbocycles. The van der Waals surface area contributed by atoms with Crippen LogP contribution in [0.4, 0.5) is 4.39 Å². The Labute approximate surface area is 206 Å². The van der Waals surface area contributed by atoms with E-state index in [0.29, 0.717) is 11.3 Å². The summed E-state index contributed by atoms with van der Waals surface area (Å²) in [6.07, 6.45) is 1.66. The largest absolute Gasteiger partial charge is 0.381 e. The highest BCUT2D eigenvalue weighted by Gasteiger charge is 2.29. The van der Waals surface area contributed by atoms with Crippen LogP contribution in [0.15, 0.2) is 85.2 Å². The van der Waals surface area contributed by atoms with Crippen LogP contribution in [-0.2, 0) is 16.1 Å².